The maximum atomic E-state index is 10.7. The van der Waals surface area contributed by atoms with Gasteiger partial charge in [-0.05, 0) is 53.1 Å². The van der Waals surface area contributed by atoms with E-state index in [1.54, 1.807) is 12.1 Å². The van der Waals surface area contributed by atoms with Crippen LogP contribution >= 0.6 is 27.5 Å². The average Bonchev–Trinajstić information content (AvgIpc) is 2.43. The minimum Gasteiger partial charge on any atom is -0.491 e. The summed E-state index contributed by atoms with van der Waals surface area (Å²) in [5, 5.41) is 9.39. The SMILES string of the molecule is CCN(CC)CCOc1c(Br)cc(Cl)cc1CCC(=O)O. The smallest absolute Gasteiger partial charge is 0.303 e. The minimum absolute atomic E-state index is 0.0547. The summed E-state index contributed by atoms with van der Waals surface area (Å²) in [6, 6.07) is 3.53. The minimum atomic E-state index is -0.833. The summed E-state index contributed by atoms with van der Waals surface area (Å²) in [5.74, 6) is -0.145. The number of carboxylic acid groups (broad SMARTS) is 1. The number of halogens is 2. The second kappa shape index (κ2) is 9.28. The van der Waals surface area contributed by atoms with E-state index in [9.17, 15) is 4.79 Å². The highest BCUT2D eigenvalue weighted by Gasteiger charge is 2.12. The highest BCUT2D eigenvalue weighted by atomic mass is 79.9. The summed E-state index contributed by atoms with van der Waals surface area (Å²) < 4.78 is 6.61. The third-order valence-electron chi connectivity index (χ3n) is 3.24. The number of carbonyl (C=O) groups is 1. The number of ether oxygens (including phenoxy) is 1. The van der Waals surface area contributed by atoms with Crippen LogP contribution in [0.2, 0.25) is 5.02 Å². The third-order valence-corrected chi connectivity index (χ3v) is 4.05. The first-order chi connectivity index (χ1) is 9.97. The van der Waals surface area contributed by atoms with E-state index in [1.165, 1.54) is 0 Å². The van der Waals surface area contributed by atoms with Gasteiger partial charge in [-0.2, -0.15) is 0 Å². The molecule has 1 aromatic carbocycles. The molecule has 6 heteroatoms. The highest BCUT2D eigenvalue weighted by Crippen LogP contribution is 2.33. The number of aryl methyl sites for hydroxylation is 1. The van der Waals surface area contributed by atoms with Crippen molar-refractivity contribution < 1.29 is 14.6 Å². The van der Waals surface area contributed by atoms with Crippen molar-refractivity contribution in [3.05, 3.63) is 27.2 Å². The second-order valence-electron chi connectivity index (χ2n) is 4.64. The standard InChI is InChI=1S/C15H21BrClNO3/c1-3-18(4-2)7-8-21-15-11(5-6-14(19)20)9-12(17)10-13(15)16/h9-10H,3-8H2,1-2H3,(H,19,20). The summed E-state index contributed by atoms with van der Waals surface area (Å²) in [6.07, 6.45) is 0.453. The van der Waals surface area contributed by atoms with Crippen molar-refractivity contribution in [1.29, 1.82) is 0 Å². The van der Waals surface area contributed by atoms with Crippen molar-refractivity contribution in [1.82, 2.24) is 4.90 Å². The van der Waals surface area contributed by atoms with Crippen LogP contribution < -0.4 is 4.74 Å². The summed E-state index contributed by atoms with van der Waals surface area (Å²) >= 11 is 9.46. The summed E-state index contributed by atoms with van der Waals surface area (Å²) in [7, 11) is 0. The summed E-state index contributed by atoms with van der Waals surface area (Å²) in [5.41, 5.74) is 0.816. The molecule has 21 heavy (non-hydrogen) atoms. The van der Waals surface area contributed by atoms with Crippen molar-refractivity contribution in [2.75, 3.05) is 26.2 Å². The van der Waals surface area contributed by atoms with Gasteiger partial charge in [0, 0.05) is 18.0 Å². The predicted molar refractivity (Wildman–Crippen MR) is 88.4 cm³/mol. The predicted octanol–water partition coefficient (Wildman–Crippen LogP) is 3.84. The molecule has 0 aliphatic heterocycles. The Labute approximate surface area is 139 Å². The monoisotopic (exact) mass is 377 g/mol. The van der Waals surface area contributed by atoms with Gasteiger partial charge in [-0.25, -0.2) is 0 Å². The summed E-state index contributed by atoms with van der Waals surface area (Å²) in [6.45, 7) is 7.57. The number of benzene rings is 1. The number of aliphatic carboxylic acids is 1. The van der Waals surface area contributed by atoms with Crippen molar-refractivity contribution in [3.63, 3.8) is 0 Å². The second-order valence-corrected chi connectivity index (χ2v) is 5.94. The van der Waals surface area contributed by atoms with Gasteiger partial charge in [-0.15, -0.1) is 0 Å². The highest BCUT2D eigenvalue weighted by molar-refractivity contribution is 9.10. The molecule has 4 nitrogen and oxygen atoms in total. The average molecular weight is 379 g/mol. The molecule has 0 amide bonds. The lowest BCUT2D eigenvalue weighted by Gasteiger charge is -2.19. The quantitative estimate of drug-likeness (QED) is 0.709. The van der Waals surface area contributed by atoms with E-state index in [-0.39, 0.29) is 6.42 Å². The maximum Gasteiger partial charge on any atom is 0.303 e. The van der Waals surface area contributed by atoms with E-state index >= 15 is 0 Å². The number of rotatable bonds is 9. The van der Waals surface area contributed by atoms with Gasteiger partial charge in [0.05, 0.1) is 4.47 Å². The van der Waals surface area contributed by atoms with Gasteiger partial charge in [-0.3, -0.25) is 4.79 Å². The molecule has 0 heterocycles. The summed E-state index contributed by atoms with van der Waals surface area (Å²) in [4.78, 5) is 13.0. The Bertz CT molecular complexity index is 478. The van der Waals surface area contributed by atoms with Gasteiger partial charge in [0.15, 0.2) is 0 Å². The lowest BCUT2D eigenvalue weighted by Crippen LogP contribution is -2.28. The van der Waals surface area contributed by atoms with E-state index in [1.807, 2.05) is 0 Å². The van der Waals surface area contributed by atoms with Gasteiger partial charge in [0.2, 0.25) is 0 Å². The zero-order valence-corrected chi connectivity index (χ0v) is 14.7. The Balaban J connectivity index is 2.76. The topological polar surface area (TPSA) is 49.8 Å². The third kappa shape index (κ3) is 6.24. The molecule has 118 valence electrons. The number of nitrogens with zero attached hydrogens (tertiary/aromatic N) is 1. The lowest BCUT2D eigenvalue weighted by molar-refractivity contribution is -0.136. The van der Waals surface area contributed by atoms with Crippen molar-refractivity contribution in [2.24, 2.45) is 0 Å². The molecule has 0 bridgehead atoms. The molecule has 0 radical (unpaired) electrons. The molecule has 0 atom stereocenters. The van der Waals surface area contributed by atoms with E-state index in [4.69, 9.17) is 21.4 Å². The largest absolute Gasteiger partial charge is 0.491 e. The van der Waals surface area contributed by atoms with Gasteiger partial charge in [0.25, 0.3) is 0 Å². The fraction of sp³-hybridized carbons (Fsp3) is 0.533. The number of hydrogen-bond acceptors (Lipinski definition) is 3. The molecular formula is C15H21BrClNO3. The van der Waals surface area contributed by atoms with Gasteiger partial charge >= 0.3 is 5.97 Å². The van der Waals surface area contributed by atoms with Crippen LogP contribution in [-0.4, -0.2) is 42.2 Å². The zero-order chi connectivity index (χ0) is 15.8. The van der Waals surface area contributed by atoms with Crippen LogP contribution in [0.15, 0.2) is 16.6 Å². The Morgan fingerprint density at radius 1 is 1.38 bits per heavy atom. The molecule has 0 saturated heterocycles. The molecule has 0 saturated carbocycles. The van der Waals surface area contributed by atoms with Gasteiger partial charge in [-0.1, -0.05) is 25.4 Å². The van der Waals surface area contributed by atoms with E-state index in [0.717, 1.165) is 29.7 Å². The Morgan fingerprint density at radius 3 is 2.62 bits per heavy atom. The normalized spacial score (nSPS) is 10.9. The Kier molecular flexibility index (Phi) is 8.07. The molecular weight excluding hydrogens is 358 g/mol. The zero-order valence-electron chi connectivity index (χ0n) is 12.4. The van der Waals surface area contributed by atoms with Crippen LogP contribution in [0.5, 0.6) is 5.75 Å². The molecule has 1 N–H and O–H groups in total. The number of hydrogen-bond donors (Lipinski definition) is 1. The molecule has 0 fully saturated rings. The number of likely N-dealkylation sites (N-methyl/N-ethyl adjacent to an activating group) is 1. The van der Waals surface area contributed by atoms with Gasteiger partial charge < -0.3 is 14.7 Å². The van der Waals surface area contributed by atoms with E-state index < -0.39 is 5.97 Å². The molecule has 1 aromatic rings. The maximum absolute atomic E-state index is 10.7. The molecule has 0 aliphatic rings. The first kappa shape index (κ1) is 18.3. The van der Waals surface area contributed by atoms with Crippen molar-refractivity contribution in [2.45, 2.75) is 26.7 Å². The number of carboxylic acids is 1. The fourth-order valence-electron chi connectivity index (χ4n) is 2.02. The van der Waals surface area contributed by atoms with Crippen molar-refractivity contribution in [3.8, 4) is 5.75 Å². The molecule has 0 unspecified atom stereocenters. The molecule has 0 spiro atoms. The lowest BCUT2D eigenvalue weighted by atomic mass is 10.1. The van der Waals surface area contributed by atoms with Crippen LogP contribution in [0, 0.1) is 0 Å². The molecule has 0 aliphatic carbocycles. The van der Waals surface area contributed by atoms with Crippen LogP contribution in [0.1, 0.15) is 25.8 Å². The van der Waals surface area contributed by atoms with Crippen LogP contribution in [-0.2, 0) is 11.2 Å². The first-order valence-corrected chi connectivity index (χ1v) is 8.19. The molecule has 0 aromatic heterocycles. The first-order valence-electron chi connectivity index (χ1n) is 7.02. The van der Waals surface area contributed by atoms with Crippen molar-refractivity contribution >= 4 is 33.5 Å². The van der Waals surface area contributed by atoms with E-state index in [2.05, 4.69) is 34.7 Å². The molecule has 1 rings (SSSR count). The Hall–Kier alpha value is -0.780. The van der Waals surface area contributed by atoms with Crippen LogP contribution in [0.4, 0.5) is 0 Å². The fourth-order valence-corrected chi connectivity index (χ4v) is 3.01. The van der Waals surface area contributed by atoms with Crippen LogP contribution in [0.3, 0.4) is 0 Å². The van der Waals surface area contributed by atoms with E-state index in [0.29, 0.717) is 23.8 Å². The van der Waals surface area contributed by atoms with Gasteiger partial charge in [0.1, 0.15) is 12.4 Å². The Morgan fingerprint density at radius 2 is 2.05 bits per heavy atom. The van der Waals surface area contributed by atoms with Crippen LogP contribution in [0.25, 0.3) is 0 Å².